The molecule has 0 aliphatic heterocycles. The molecule has 13 heteroatoms. The number of likely N-dealkylation sites (N-methyl/N-ethyl adjacent to an activating group) is 1. The van der Waals surface area contributed by atoms with Gasteiger partial charge in [0.1, 0.15) is 5.65 Å². The number of nitrogens with zero attached hydrogens (tertiary/aromatic N) is 6. The highest BCUT2D eigenvalue weighted by Crippen LogP contribution is 2.31. The van der Waals surface area contributed by atoms with Crippen molar-refractivity contribution in [2.24, 2.45) is 5.10 Å². The summed E-state index contributed by atoms with van der Waals surface area (Å²) in [4.78, 5) is 33.9. The summed E-state index contributed by atoms with van der Waals surface area (Å²) in [7, 11) is 3.65. The van der Waals surface area contributed by atoms with Crippen molar-refractivity contribution in [1.82, 2.24) is 35.4 Å². The molecule has 4 rings (SSSR count). The number of aromatic amines is 1. The number of halogens is 1. The van der Waals surface area contributed by atoms with Gasteiger partial charge in [0.25, 0.3) is 11.8 Å². The fraction of sp³-hybridized carbons (Fsp3) is 0.259. The first-order valence-corrected chi connectivity index (χ1v) is 12.9. The number of anilines is 2. The number of H-pyrrole nitrogens is 1. The van der Waals surface area contributed by atoms with E-state index in [-0.39, 0.29) is 29.4 Å². The molecule has 0 bridgehead atoms. The molecule has 3 N–H and O–H groups in total. The number of nitrogens with one attached hydrogen (secondary N) is 3. The molecule has 3 heterocycles. The van der Waals surface area contributed by atoms with E-state index in [9.17, 15) is 9.59 Å². The molecular formula is C27H30ClN9O3. The summed E-state index contributed by atoms with van der Waals surface area (Å²) in [5, 5.41) is 20.8. The number of fused-ring (bicyclic) bond motifs is 1. The second-order valence-corrected chi connectivity index (χ2v) is 9.33. The van der Waals surface area contributed by atoms with Gasteiger partial charge in [0.2, 0.25) is 5.91 Å². The van der Waals surface area contributed by atoms with Gasteiger partial charge < -0.3 is 29.9 Å². The summed E-state index contributed by atoms with van der Waals surface area (Å²) >= 11 is 6.42. The fourth-order valence-electron chi connectivity index (χ4n) is 3.82. The standard InChI is InChI=1S/C27H30ClN9O3/c1-6-37(7-2)23(38)15-31-25(39)17-8-9-22(21(28)11-17)33-27-35-34-26(40-27)20-14-30-24-19(20)10-18(13-29-24)16(3)12-32-36(4)5/h8-14H,3,6-7,15H2,1-2,4-5H3,(H,29,30)(H,31,39)(H,33,35). The largest absolute Gasteiger partial charge is 0.403 e. The zero-order chi connectivity index (χ0) is 28.8. The lowest BCUT2D eigenvalue weighted by Crippen LogP contribution is -2.40. The van der Waals surface area contributed by atoms with Crippen molar-refractivity contribution in [2.75, 3.05) is 39.0 Å². The maximum Gasteiger partial charge on any atom is 0.320 e. The molecule has 0 saturated carbocycles. The zero-order valence-electron chi connectivity index (χ0n) is 22.7. The topological polar surface area (TPSA) is 145 Å². The minimum atomic E-state index is -0.406. The van der Waals surface area contributed by atoms with Gasteiger partial charge in [-0.25, -0.2) is 4.98 Å². The second-order valence-electron chi connectivity index (χ2n) is 8.92. The van der Waals surface area contributed by atoms with Crippen molar-refractivity contribution in [3.63, 3.8) is 0 Å². The Morgan fingerprint density at radius 1 is 1.18 bits per heavy atom. The van der Waals surface area contributed by atoms with Crippen LogP contribution in [0, 0.1) is 0 Å². The molecule has 40 heavy (non-hydrogen) atoms. The van der Waals surface area contributed by atoms with Crippen molar-refractivity contribution in [3.05, 3.63) is 59.4 Å². The van der Waals surface area contributed by atoms with Crippen molar-refractivity contribution < 1.29 is 14.0 Å². The quantitative estimate of drug-likeness (QED) is 0.182. The van der Waals surface area contributed by atoms with Crippen LogP contribution in [0.15, 0.2) is 52.8 Å². The number of hydrogen-bond acceptors (Lipinski definition) is 9. The van der Waals surface area contributed by atoms with Gasteiger partial charge in [-0.1, -0.05) is 23.3 Å². The van der Waals surface area contributed by atoms with Gasteiger partial charge in [0, 0.05) is 56.1 Å². The van der Waals surface area contributed by atoms with Crippen LogP contribution >= 0.6 is 11.6 Å². The Hall–Kier alpha value is -4.71. The Balaban J connectivity index is 1.46. The summed E-state index contributed by atoms with van der Waals surface area (Å²) in [5.41, 5.74) is 3.59. The molecule has 4 aromatic rings. The Bertz CT molecular complexity index is 1570. The Morgan fingerprint density at radius 3 is 2.65 bits per heavy atom. The molecule has 0 aliphatic rings. The predicted molar refractivity (Wildman–Crippen MR) is 156 cm³/mol. The maximum atomic E-state index is 12.5. The van der Waals surface area contributed by atoms with E-state index in [4.69, 9.17) is 16.0 Å². The lowest BCUT2D eigenvalue weighted by molar-refractivity contribution is -0.129. The van der Waals surface area contributed by atoms with Gasteiger partial charge in [-0.05, 0) is 43.7 Å². The first-order valence-electron chi connectivity index (χ1n) is 12.5. The van der Waals surface area contributed by atoms with Crippen LogP contribution in [0.25, 0.3) is 28.1 Å². The van der Waals surface area contributed by atoms with E-state index in [1.54, 1.807) is 40.6 Å². The summed E-state index contributed by atoms with van der Waals surface area (Å²) in [6.45, 7) is 8.89. The smallest absolute Gasteiger partial charge is 0.320 e. The fourth-order valence-corrected chi connectivity index (χ4v) is 4.04. The Labute approximate surface area is 236 Å². The predicted octanol–water partition coefficient (Wildman–Crippen LogP) is 4.17. The highest BCUT2D eigenvalue weighted by Gasteiger charge is 2.17. The summed E-state index contributed by atoms with van der Waals surface area (Å²) in [6.07, 6.45) is 5.11. The second kappa shape index (κ2) is 12.4. The molecule has 2 amide bonds. The van der Waals surface area contributed by atoms with Crippen molar-refractivity contribution in [2.45, 2.75) is 13.8 Å². The Kier molecular flexibility index (Phi) is 8.80. The van der Waals surface area contributed by atoms with Gasteiger partial charge in [0.05, 0.1) is 29.0 Å². The first kappa shape index (κ1) is 28.3. The number of carbonyl (C=O) groups excluding carboxylic acids is 2. The number of hydrogen-bond donors (Lipinski definition) is 3. The molecule has 0 unspecified atom stereocenters. The summed E-state index contributed by atoms with van der Waals surface area (Å²) < 4.78 is 5.84. The molecule has 0 aliphatic carbocycles. The van der Waals surface area contributed by atoms with Crippen molar-refractivity contribution >= 4 is 57.9 Å². The maximum absolute atomic E-state index is 12.5. The molecule has 208 valence electrons. The van der Waals surface area contributed by atoms with Crippen LogP contribution in [0.2, 0.25) is 5.02 Å². The molecule has 12 nitrogen and oxygen atoms in total. The van der Waals surface area contributed by atoms with Crippen LogP contribution < -0.4 is 10.6 Å². The molecule has 0 atom stereocenters. The van der Waals surface area contributed by atoms with Crippen LogP contribution in [-0.2, 0) is 4.79 Å². The SMILES string of the molecule is C=C(C=NN(C)C)c1cnc2[nH]cc(-c3nnc(Nc4ccc(C(=O)NCC(=O)N(CC)CC)cc4Cl)o3)c2c1. The van der Waals surface area contributed by atoms with Crippen LogP contribution in [0.4, 0.5) is 11.7 Å². The van der Waals surface area contributed by atoms with E-state index in [0.717, 1.165) is 10.9 Å². The Morgan fingerprint density at radius 2 is 1.95 bits per heavy atom. The number of rotatable bonds is 11. The lowest BCUT2D eigenvalue weighted by atomic mass is 10.1. The summed E-state index contributed by atoms with van der Waals surface area (Å²) in [6, 6.07) is 6.74. The third-order valence-electron chi connectivity index (χ3n) is 5.99. The van der Waals surface area contributed by atoms with Crippen molar-refractivity contribution in [3.8, 4) is 11.5 Å². The number of hydrazone groups is 1. The van der Waals surface area contributed by atoms with Gasteiger partial charge in [-0.3, -0.25) is 9.59 Å². The van der Waals surface area contributed by atoms with E-state index in [1.165, 1.54) is 6.07 Å². The van der Waals surface area contributed by atoms with E-state index in [0.29, 0.717) is 41.1 Å². The third-order valence-corrected chi connectivity index (χ3v) is 6.30. The van der Waals surface area contributed by atoms with E-state index >= 15 is 0 Å². The van der Waals surface area contributed by atoms with Gasteiger partial charge in [0.15, 0.2) is 0 Å². The molecular weight excluding hydrogens is 534 g/mol. The molecule has 0 fully saturated rings. The van der Waals surface area contributed by atoms with E-state index < -0.39 is 5.91 Å². The summed E-state index contributed by atoms with van der Waals surface area (Å²) in [5.74, 6) is -0.289. The average Bonchev–Trinajstić information content (AvgIpc) is 3.58. The molecule has 1 aromatic carbocycles. The number of aromatic nitrogens is 4. The minimum Gasteiger partial charge on any atom is -0.403 e. The van der Waals surface area contributed by atoms with Crippen molar-refractivity contribution in [1.29, 1.82) is 0 Å². The third kappa shape index (κ3) is 6.46. The monoisotopic (exact) mass is 563 g/mol. The highest BCUT2D eigenvalue weighted by molar-refractivity contribution is 6.33. The number of allylic oxidation sites excluding steroid dienone is 1. The zero-order valence-corrected chi connectivity index (χ0v) is 23.4. The number of amides is 2. The molecule has 0 saturated heterocycles. The number of carbonyl (C=O) groups is 2. The van der Waals surface area contributed by atoms with Crippen LogP contribution in [-0.4, -0.2) is 81.8 Å². The minimum absolute atomic E-state index is 0.0917. The number of benzene rings is 1. The molecule has 0 radical (unpaired) electrons. The van der Waals surface area contributed by atoms with Crippen LogP contribution in [0.1, 0.15) is 29.8 Å². The van der Waals surface area contributed by atoms with Crippen LogP contribution in [0.3, 0.4) is 0 Å². The lowest BCUT2D eigenvalue weighted by Gasteiger charge is -2.18. The van der Waals surface area contributed by atoms with E-state index in [1.807, 2.05) is 34.0 Å². The highest BCUT2D eigenvalue weighted by atomic mass is 35.5. The van der Waals surface area contributed by atoms with Gasteiger partial charge >= 0.3 is 6.01 Å². The first-order chi connectivity index (χ1) is 19.2. The van der Waals surface area contributed by atoms with E-state index in [2.05, 4.69) is 42.5 Å². The average molecular weight is 564 g/mol. The van der Waals surface area contributed by atoms with Crippen LogP contribution in [0.5, 0.6) is 0 Å². The normalized spacial score (nSPS) is 11.1. The van der Waals surface area contributed by atoms with Gasteiger partial charge in [-0.15, -0.1) is 5.10 Å². The molecule has 0 spiro atoms. The number of pyridine rings is 1. The molecule has 3 aromatic heterocycles. The van der Waals surface area contributed by atoms with Gasteiger partial charge in [-0.2, -0.15) is 5.10 Å².